The van der Waals surface area contributed by atoms with Crippen LogP contribution in [0.1, 0.15) is 15.9 Å². The number of nitrogens with zero attached hydrogens (tertiary/aromatic N) is 2. The molecule has 7 heteroatoms. The molecule has 0 unspecified atom stereocenters. The SMILES string of the molecule is COc1ccc(C)cc1Nc1cc(Nc2cccc(C(=O)O)c2)ncn1. The minimum atomic E-state index is -0.981. The van der Waals surface area contributed by atoms with Gasteiger partial charge in [0, 0.05) is 11.8 Å². The van der Waals surface area contributed by atoms with Crippen LogP contribution in [0.2, 0.25) is 0 Å². The van der Waals surface area contributed by atoms with Gasteiger partial charge in [0.15, 0.2) is 0 Å². The Morgan fingerprint density at radius 2 is 1.81 bits per heavy atom. The van der Waals surface area contributed by atoms with Gasteiger partial charge in [-0.25, -0.2) is 14.8 Å². The lowest BCUT2D eigenvalue weighted by Crippen LogP contribution is -2.01. The van der Waals surface area contributed by atoms with Crippen LogP contribution in [-0.4, -0.2) is 28.2 Å². The summed E-state index contributed by atoms with van der Waals surface area (Å²) in [4.78, 5) is 19.5. The van der Waals surface area contributed by atoms with E-state index in [0.717, 1.165) is 11.3 Å². The number of aryl methyl sites for hydroxylation is 1. The van der Waals surface area contributed by atoms with Crippen LogP contribution < -0.4 is 15.4 Å². The van der Waals surface area contributed by atoms with Gasteiger partial charge in [-0.05, 0) is 42.8 Å². The second kappa shape index (κ2) is 7.52. The third kappa shape index (κ3) is 4.07. The van der Waals surface area contributed by atoms with Crippen molar-refractivity contribution in [3.63, 3.8) is 0 Å². The fraction of sp³-hybridized carbons (Fsp3) is 0.105. The van der Waals surface area contributed by atoms with Crippen LogP contribution in [0, 0.1) is 6.92 Å². The molecule has 7 nitrogen and oxygen atoms in total. The van der Waals surface area contributed by atoms with E-state index in [2.05, 4.69) is 20.6 Å². The fourth-order valence-electron chi connectivity index (χ4n) is 2.43. The summed E-state index contributed by atoms with van der Waals surface area (Å²) in [6.45, 7) is 1.99. The monoisotopic (exact) mass is 350 g/mol. The summed E-state index contributed by atoms with van der Waals surface area (Å²) in [6, 6.07) is 14.1. The number of aromatic carboxylic acids is 1. The van der Waals surface area contributed by atoms with E-state index < -0.39 is 5.97 Å². The van der Waals surface area contributed by atoms with Crippen LogP contribution >= 0.6 is 0 Å². The number of carbonyl (C=O) groups is 1. The van der Waals surface area contributed by atoms with Crippen LogP contribution in [0.3, 0.4) is 0 Å². The smallest absolute Gasteiger partial charge is 0.335 e. The summed E-state index contributed by atoms with van der Waals surface area (Å²) in [6.07, 6.45) is 1.42. The molecule has 132 valence electrons. The predicted octanol–water partition coefficient (Wildman–Crippen LogP) is 3.98. The van der Waals surface area contributed by atoms with Crippen molar-refractivity contribution in [3.05, 3.63) is 66.0 Å². The number of ether oxygens (including phenoxy) is 1. The normalized spacial score (nSPS) is 10.2. The topological polar surface area (TPSA) is 96.4 Å². The zero-order valence-corrected chi connectivity index (χ0v) is 14.4. The molecule has 1 aromatic heterocycles. The Balaban J connectivity index is 1.82. The molecule has 3 rings (SSSR count). The molecule has 2 aromatic carbocycles. The first kappa shape index (κ1) is 17.2. The lowest BCUT2D eigenvalue weighted by atomic mass is 10.2. The average Bonchev–Trinajstić information content (AvgIpc) is 2.62. The maximum Gasteiger partial charge on any atom is 0.335 e. The maximum atomic E-state index is 11.1. The fourth-order valence-corrected chi connectivity index (χ4v) is 2.43. The highest BCUT2D eigenvalue weighted by Crippen LogP contribution is 2.28. The molecule has 0 fully saturated rings. The highest BCUT2D eigenvalue weighted by molar-refractivity contribution is 5.89. The Kier molecular flexibility index (Phi) is 4.98. The van der Waals surface area contributed by atoms with E-state index in [9.17, 15) is 4.79 Å². The first-order chi connectivity index (χ1) is 12.5. The molecular formula is C19H18N4O3. The molecule has 0 radical (unpaired) electrons. The van der Waals surface area contributed by atoms with E-state index in [0.29, 0.717) is 23.1 Å². The second-order valence-electron chi connectivity index (χ2n) is 5.63. The summed E-state index contributed by atoms with van der Waals surface area (Å²) in [5, 5.41) is 15.4. The van der Waals surface area contributed by atoms with Crippen molar-refractivity contribution >= 4 is 29.0 Å². The van der Waals surface area contributed by atoms with Gasteiger partial charge in [-0.3, -0.25) is 0 Å². The minimum Gasteiger partial charge on any atom is -0.495 e. The largest absolute Gasteiger partial charge is 0.495 e. The molecule has 3 N–H and O–H groups in total. The maximum absolute atomic E-state index is 11.1. The highest BCUT2D eigenvalue weighted by atomic mass is 16.5. The molecule has 0 bridgehead atoms. The number of benzene rings is 2. The number of methoxy groups -OCH3 is 1. The third-order valence-corrected chi connectivity index (χ3v) is 3.67. The van der Waals surface area contributed by atoms with Crippen molar-refractivity contribution in [2.24, 2.45) is 0 Å². The van der Waals surface area contributed by atoms with Crippen molar-refractivity contribution in [2.45, 2.75) is 6.92 Å². The molecule has 0 saturated carbocycles. The standard InChI is InChI=1S/C19H18N4O3/c1-12-6-7-16(26-2)15(8-12)23-18-10-17(20-11-21-18)22-14-5-3-4-13(9-14)19(24)25/h3-11H,1-2H3,(H,24,25)(H2,20,21,22,23). The van der Waals surface area contributed by atoms with E-state index in [1.807, 2.05) is 25.1 Å². The first-order valence-electron chi connectivity index (χ1n) is 7.89. The van der Waals surface area contributed by atoms with Crippen LogP contribution in [0.25, 0.3) is 0 Å². The van der Waals surface area contributed by atoms with Crippen molar-refractivity contribution in [2.75, 3.05) is 17.7 Å². The lowest BCUT2D eigenvalue weighted by Gasteiger charge is -2.12. The van der Waals surface area contributed by atoms with Gasteiger partial charge in [0.05, 0.1) is 18.4 Å². The molecule has 0 spiro atoms. The van der Waals surface area contributed by atoms with Gasteiger partial charge in [0.2, 0.25) is 0 Å². The minimum absolute atomic E-state index is 0.201. The van der Waals surface area contributed by atoms with Crippen LogP contribution in [0.5, 0.6) is 5.75 Å². The van der Waals surface area contributed by atoms with Crippen molar-refractivity contribution in [3.8, 4) is 5.75 Å². The quantitative estimate of drug-likeness (QED) is 0.619. The van der Waals surface area contributed by atoms with Gasteiger partial charge >= 0.3 is 5.97 Å². The van der Waals surface area contributed by atoms with E-state index in [1.54, 1.807) is 31.4 Å². The Morgan fingerprint density at radius 1 is 1.04 bits per heavy atom. The Bertz CT molecular complexity index is 944. The highest BCUT2D eigenvalue weighted by Gasteiger charge is 2.07. The van der Waals surface area contributed by atoms with Crippen LogP contribution in [-0.2, 0) is 0 Å². The Morgan fingerprint density at radius 3 is 2.54 bits per heavy atom. The molecule has 0 aliphatic carbocycles. The molecule has 0 saturated heterocycles. The molecule has 3 aromatic rings. The first-order valence-corrected chi connectivity index (χ1v) is 7.89. The third-order valence-electron chi connectivity index (χ3n) is 3.67. The summed E-state index contributed by atoms with van der Waals surface area (Å²) in [5.41, 5.74) is 2.71. The molecular weight excluding hydrogens is 332 g/mol. The molecule has 26 heavy (non-hydrogen) atoms. The predicted molar refractivity (Wildman–Crippen MR) is 99.7 cm³/mol. The van der Waals surface area contributed by atoms with Gasteiger partial charge in [-0.1, -0.05) is 12.1 Å². The Labute approximate surface area is 150 Å². The average molecular weight is 350 g/mol. The number of aromatic nitrogens is 2. The van der Waals surface area contributed by atoms with Crippen LogP contribution in [0.4, 0.5) is 23.0 Å². The number of nitrogens with one attached hydrogen (secondary N) is 2. The van der Waals surface area contributed by atoms with Crippen LogP contribution in [0.15, 0.2) is 54.9 Å². The van der Waals surface area contributed by atoms with Gasteiger partial charge < -0.3 is 20.5 Å². The zero-order chi connectivity index (χ0) is 18.5. The van der Waals surface area contributed by atoms with Gasteiger partial charge in [-0.2, -0.15) is 0 Å². The summed E-state index contributed by atoms with van der Waals surface area (Å²) >= 11 is 0. The Hall–Kier alpha value is -3.61. The van der Waals surface area contributed by atoms with E-state index >= 15 is 0 Å². The number of carboxylic acids is 1. The number of anilines is 4. The van der Waals surface area contributed by atoms with Gasteiger partial charge in [0.1, 0.15) is 23.7 Å². The number of hydrogen-bond donors (Lipinski definition) is 3. The van der Waals surface area contributed by atoms with Crippen molar-refractivity contribution in [1.29, 1.82) is 0 Å². The summed E-state index contributed by atoms with van der Waals surface area (Å²) in [5.74, 6) is 0.848. The lowest BCUT2D eigenvalue weighted by molar-refractivity contribution is 0.0697. The zero-order valence-electron chi connectivity index (χ0n) is 14.4. The number of hydrogen-bond acceptors (Lipinski definition) is 6. The number of carboxylic acid groups (broad SMARTS) is 1. The molecule has 0 aliphatic heterocycles. The molecule has 1 heterocycles. The summed E-state index contributed by atoms with van der Waals surface area (Å²) in [7, 11) is 1.61. The molecule has 0 amide bonds. The van der Waals surface area contributed by atoms with Crippen molar-refractivity contribution in [1.82, 2.24) is 9.97 Å². The van der Waals surface area contributed by atoms with Gasteiger partial charge in [0.25, 0.3) is 0 Å². The van der Waals surface area contributed by atoms with Crippen molar-refractivity contribution < 1.29 is 14.6 Å². The van der Waals surface area contributed by atoms with Gasteiger partial charge in [-0.15, -0.1) is 0 Å². The van der Waals surface area contributed by atoms with E-state index in [4.69, 9.17) is 9.84 Å². The summed E-state index contributed by atoms with van der Waals surface area (Å²) < 4.78 is 5.36. The number of rotatable bonds is 6. The molecule has 0 aliphatic rings. The molecule has 0 atom stereocenters. The van der Waals surface area contributed by atoms with E-state index in [1.165, 1.54) is 12.4 Å². The second-order valence-corrected chi connectivity index (χ2v) is 5.63. The van der Waals surface area contributed by atoms with E-state index in [-0.39, 0.29) is 5.56 Å².